The number of para-hydroxylation sites is 1. The van der Waals surface area contributed by atoms with E-state index in [-0.39, 0.29) is 17.8 Å². The van der Waals surface area contributed by atoms with E-state index in [1.807, 2.05) is 54.6 Å². The van der Waals surface area contributed by atoms with Gasteiger partial charge in [0, 0.05) is 38.3 Å². The summed E-state index contributed by atoms with van der Waals surface area (Å²) in [6, 6.07) is 22.5. The summed E-state index contributed by atoms with van der Waals surface area (Å²) in [6.45, 7) is 3.56. The van der Waals surface area contributed by atoms with Crippen LogP contribution in [0.5, 0.6) is 0 Å². The number of ketones is 1. The molecule has 0 aliphatic carbocycles. The zero-order valence-corrected chi connectivity index (χ0v) is 18.5. The second-order valence-electron chi connectivity index (χ2n) is 8.20. The maximum Gasteiger partial charge on any atom is 0.254 e. The van der Waals surface area contributed by atoms with Gasteiger partial charge in [0.2, 0.25) is 0 Å². The Morgan fingerprint density at radius 2 is 1.58 bits per heavy atom. The van der Waals surface area contributed by atoms with Crippen LogP contribution in [0.1, 0.15) is 21.5 Å². The van der Waals surface area contributed by atoms with Gasteiger partial charge >= 0.3 is 0 Å². The van der Waals surface area contributed by atoms with Gasteiger partial charge in [-0.25, -0.2) is 4.39 Å². The number of Topliss-reactive ketones (excluding diaryl/α,β-unsaturated/α-hetero) is 1. The molecule has 170 valence electrons. The normalized spacial score (nSPS) is 14.5. The maximum atomic E-state index is 14.2. The van der Waals surface area contributed by atoms with Gasteiger partial charge in [-0.2, -0.15) is 0 Å². The molecule has 0 radical (unpaired) electrons. The fraction of sp³-hybridized carbons (Fsp3) is 0.259. The molecule has 5 nitrogen and oxygen atoms in total. The molecule has 0 bridgehead atoms. The summed E-state index contributed by atoms with van der Waals surface area (Å²) in [5.41, 5.74) is 2.85. The Hall–Kier alpha value is -3.51. The van der Waals surface area contributed by atoms with E-state index in [1.165, 1.54) is 18.2 Å². The van der Waals surface area contributed by atoms with E-state index in [0.717, 1.165) is 43.0 Å². The van der Waals surface area contributed by atoms with Crippen LogP contribution in [0.15, 0.2) is 78.9 Å². The number of carbonyl (C=O) groups excluding carboxylic acids is 2. The first-order valence-corrected chi connectivity index (χ1v) is 11.3. The molecule has 1 fully saturated rings. The molecule has 3 aromatic carbocycles. The van der Waals surface area contributed by atoms with Gasteiger partial charge in [-0.3, -0.25) is 9.59 Å². The standard InChI is InChI=1S/C27H28FN3O2/c28-23-12-6-5-11-22(23)27(33)30-24(18-20-8-2-1-3-9-20)26(32)19-21-10-4-7-13-25(21)31-16-14-29-15-17-31/h1-13,24,29H,14-19H2,(H,30,33). The minimum Gasteiger partial charge on any atom is -0.369 e. The number of halogens is 1. The second-order valence-corrected chi connectivity index (χ2v) is 8.20. The lowest BCUT2D eigenvalue weighted by Crippen LogP contribution is -2.45. The van der Waals surface area contributed by atoms with Crippen molar-refractivity contribution in [3.8, 4) is 0 Å². The van der Waals surface area contributed by atoms with E-state index < -0.39 is 17.8 Å². The minimum absolute atomic E-state index is 0.0652. The molecule has 4 rings (SSSR count). The zero-order chi connectivity index (χ0) is 23.0. The van der Waals surface area contributed by atoms with E-state index >= 15 is 0 Å². The number of piperazine rings is 1. The fourth-order valence-corrected chi connectivity index (χ4v) is 4.16. The highest BCUT2D eigenvalue weighted by Gasteiger charge is 2.25. The lowest BCUT2D eigenvalue weighted by atomic mass is 9.96. The first kappa shape index (κ1) is 22.7. The Kier molecular flexibility index (Phi) is 7.47. The number of anilines is 1. The number of rotatable bonds is 8. The number of benzene rings is 3. The van der Waals surface area contributed by atoms with Gasteiger partial charge in [0.15, 0.2) is 5.78 Å². The smallest absolute Gasteiger partial charge is 0.254 e. The minimum atomic E-state index is -0.768. The van der Waals surface area contributed by atoms with Gasteiger partial charge in [-0.1, -0.05) is 60.7 Å². The number of nitrogens with zero attached hydrogens (tertiary/aromatic N) is 1. The van der Waals surface area contributed by atoms with Crippen molar-refractivity contribution in [2.75, 3.05) is 31.1 Å². The largest absolute Gasteiger partial charge is 0.369 e. The van der Waals surface area contributed by atoms with Crippen molar-refractivity contribution in [2.45, 2.75) is 18.9 Å². The highest BCUT2D eigenvalue weighted by molar-refractivity contribution is 5.98. The number of amides is 1. The molecule has 1 aliphatic rings. The van der Waals surface area contributed by atoms with Crippen LogP contribution in [0.25, 0.3) is 0 Å². The van der Waals surface area contributed by atoms with Crippen molar-refractivity contribution in [2.24, 2.45) is 0 Å². The topological polar surface area (TPSA) is 61.4 Å². The summed E-state index contributed by atoms with van der Waals surface area (Å²) in [4.78, 5) is 28.6. The molecule has 33 heavy (non-hydrogen) atoms. The monoisotopic (exact) mass is 445 g/mol. The summed E-state index contributed by atoms with van der Waals surface area (Å²) in [6.07, 6.45) is 0.533. The Labute approximate surface area is 193 Å². The molecule has 0 spiro atoms. The van der Waals surface area contributed by atoms with Gasteiger partial charge in [-0.05, 0) is 35.7 Å². The van der Waals surface area contributed by atoms with Gasteiger partial charge < -0.3 is 15.5 Å². The van der Waals surface area contributed by atoms with E-state index in [2.05, 4.69) is 15.5 Å². The third kappa shape index (κ3) is 5.84. The predicted molar refractivity (Wildman–Crippen MR) is 128 cm³/mol. The van der Waals surface area contributed by atoms with Crippen LogP contribution >= 0.6 is 0 Å². The molecule has 1 aliphatic heterocycles. The van der Waals surface area contributed by atoms with E-state index in [1.54, 1.807) is 6.07 Å². The molecule has 1 heterocycles. The van der Waals surface area contributed by atoms with Crippen LogP contribution in [0.4, 0.5) is 10.1 Å². The third-order valence-electron chi connectivity index (χ3n) is 5.91. The molecule has 1 saturated heterocycles. The Bertz CT molecular complexity index is 1100. The summed E-state index contributed by atoms with van der Waals surface area (Å²) in [7, 11) is 0. The summed E-state index contributed by atoms with van der Waals surface area (Å²) in [5.74, 6) is -1.30. The molecule has 0 aromatic heterocycles. The fourth-order valence-electron chi connectivity index (χ4n) is 4.16. The van der Waals surface area contributed by atoms with Crippen LogP contribution in [0.3, 0.4) is 0 Å². The quantitative estimate of drug-likeness (QED) is 0.558. The van der Waals surface area contributed by atoms with Crippen molar-refractivity contribution < 1.29 is 14.0 Å². The summed E-state index contributed by atoms with van der Waals surface area (Å²) < 4.78 is 14.2. The van der Waals surface area contributed by atoms with Crippen molar-refractivity contribution >= 4 is 17.4 Å². The van der Waals surface area contributed by atoms with Crippen LogP contribution in [-0.4, -0.2) is 43.9 Å². The number of hydrogen-bond acceptors (Lipinski definition) is 4. The third-order valence-corrected chi connectivity index (χ3v) is 5.91. The number of nitrogens with one attached hydrogen (secondary N) is 2. The lowest BCUT2D eigenvalue weighted by Gasteiger charge is -2.31. The maximum absolute atomic E-state index is 14.2. The molecule has 1 unspecified atom stereocenters. The Morgan fingerprint density at radius 1 is 0.909 bits per heavy atom. The average molecular weight is 446 g/mol. The zero-order valence-electron chi connectivity index (χ0n) is 18.5. The van der Waals surface area contributed by atoms with Crippen LogP contribution in [0.2, 0.25) is 0 Å². The van der Waals surface area contributed by atoms with E-state index in [9.17, 15) is 14.0 Å². The molecule has 1 atom stereocenters. The second kappa shape index (κ2) is 10.9. The van der Waals surface area contributed by atoms with Crippen LogP contribution in [0, 0.1) is 5.82 Å². The molecular formula is C27H28FN3O2. The molecule has 6 heteroatoms. The van der Waals surface area contributed by atoms with Crippen molar-refractivity contribution in [3.05, 3.63) is 101 Å². The van der Waals surface area contributed by atoms with Crippen molar-refractivity contribution in [1.29, 1.82) is 0 Å². The average Bonchev–Trinajstić information content (AvgIpc) is 2.85. The van der Waals surface area contributed by atoms with Gasteiger partial charge in [-0.15, -0.1) is 0 Å². The van der Waals surface area contributed by atoms with E-state index in [0.29, 0.717) is 6.42 Å². The van der Waals surface area contributed by atoms with Crippen molar-refractivity contribution in [1.82, 2.24) is 10.6 Å². The van der Waals surface area contributed by atoms with Crippen molar-refractivity contribution in [3.63, 3.8) is 0 Å². The lowest BCUT2D eigenvalue weighted by molar-refractivity contribution is -0.120. The number of hydrogen-bond donors (Lipinski definition) is 2. The molecule has 3 aromatic rings. The predicted octanol–water partition coefficient (Wildman–Crippen LogP) is 3.39. The van der Waals surface area contributed by atoms with Gasteiger partial charge in [0.1, 0.15) is 5.82 Å². The van der Waals surface area contributed by atoms with Crippen LogP contribution in [-0.2, 0) is 17.6 Å². The molecular weight excluding hydrogens is 417 g/mol. The van der Waals surface area contributed by atoms with Gasteiger partial charge in [0.25, 0.3) is 5.91 Å². The Balaban J connectivity index is 1.56. The van der Waals surface area contributed by atoms with Crippen LogP contribution < -0.4 is 15.5 Å². The highest BCUT2D eigenvalue weighted by atomic mass is 19.1. The summed E-state index contributed by atoms with van der Waals surface area (Å²) >= 11 is 0. The SMILES string of the molecule is O=C(NC(Cc1ccccc1)C(=O)Cc1ccccc1N1CCNCC1)c1ccccc1F. The molecule has 0 saturated carbocycles. The highest BCUT2D eigenvalue weighted by Crippen LogP contribution is 2.22. The summed E-state index contributed by atoms with van der Waals surface area (Å²) in [5, 5.41) is 6.13. The van der Waals surface area contributed by atoms with Gasteiger partial charge in [0.05, 0.1) is 11.6 Å². The molecule has 2 N–H and O–H groups in total. The molecule has 1 amide bonds. The first-order chi connectivity index (χ1) is 16.1. The first-order valence-electron chi connectivity index (χ1n) is 11.3. The Morgan fingerprint density at radius 3 is 2.33 bits per heavy atom. The van der Waals surface area contributed by atoms with E-state index in [4.69, 9.17) is 0 Å². The number of carbonyl (C=O) groups is 2.